The van der Waals surface area contributed by atoms with Crippen LogP contribution in [-0.2, 0) is 38.1 Å². The molecule has 2 amide bonds. The number of aliphatic hydroxyl groups excluding tert-OH is 11. The van der Waals surface area contributed by atoms with Crippen molar-refractivity contribution < 1.29 is 99.3 Å². The van der Waals surface area contributed by atoms with E-state index < -0.39 is 148 Å². The summed E-state index contributed by atoms with van der Waals surface area (Å²) in [6.45, 7) is -2.94. The summed E-state index contributed by atoms with van der Waals surface area (Å²) < 4.78 is 27.1. The molecule has 14 N–H and O–H groups in total. The number of hydrogen-bond donors (Lipinski definition) is 14. The molecule has 22 heteroatoms. The van der Waals surface area contributed by atoms with E-state index in [9.17, 15) is 70.6 Å². The summed E-state index contributed by atoms with van der Waals surface area (Å²) in [5.74, 6) is -6.59. The van der Waals surface area contributed by atoms with E-state index in [2.05, 4.69) is 10.6 Å². The van der Waals surface area contributed by atoms with Crippen molar-refractivity contribution in [2.75, 3.05) is 26.4 Å². The smallest absolute Gasteiger partial charge is 0.364 e. The lowest BCUT2D eigenvalue weighted by molar-refractivity contribution is -0.358. The Morgan fingerprint density at radius 1 is 0.894 bits per heavy atom. The van der Waals surface area contributed by atoms with Gasteiger partial charge in [-0.05, 0) is 0 Å². The maximum atomic E-state index is 12.4. The molecule has 0 aromatic heterocycles. The van der Waals surface area contributed by atoms with Crippen molar-refractivity contribution in [2.45, 2.75) is 111 Å². The Morgan fingerprint density at radius 3 is 2.11 bits per heavy atom. The fourth-order valence-electron chi connectivity index (χ4n) is 5.45. The first-order valence-corrected chi connectivity index (χ1v) is 14.4. The summed E-state index contributed by atoms with van der Waals surface area (Å²) in [6, 6.07) is -3.13. The number of aliphatic carboxylic acids is 1. The van der Waals surface area contributed by atoms with Crippen molar-refractivity contribution in [2.24, 2.45) is 0 Å². The summed E-state index contributed by atoms with van der Waals surface area (Å²) in [5, 5.41) is 126. The minimum Gasteiger partial charge on any atom is -0.477 e. The van der Waals surface area contributed by atoms with Crippen molar-refractivity contribution in [3.05, 3.63) is 0 Å². The van der Waals surface area contributed by atoms with E-state index in [4.69, 9.17) is 28.8 Å². The normalized spacial score (nSPS) is 42.3. The Balaban J connectivity index is 1.83. The average Bonchev–Trinajstić information content (AvgIpc) is 3.03. The van der Waals surface area contributed by atoms with Gasteiger partial charge in [0.2, 0.25) is 11.8 Å². The third-order valence-corrected chi connectivity index (χ3v) is 7.97. The number of carboxylic acid groups (broad SMARTS) is 1. The predicted octanol–water partition coefficient (Wildman–Crippen LogP) is -9.11. The summed E-state index contributed by atoms with van der Waals surface area (Å²) in [5.41, 5.74) is 0. The molecule has 47 heavy (non-hydrogen) atoms. The molecular formula is C25H42N2O20. The van der Waals surface area contributed by atoms with Crippen LogP contribution in [0.25, 0.3) is 0 Å². The Morgan fingerprint density at radius 2 is 1.55 bits per heavy atom. The van der Waals surface area contributed by atoms with E-state index >= 15 is 0 Å². The van der Waals surface area contributed by atoms with E-state index in [1.165, 1.54) is 0 Å². The van der Waals surface area contributed by atoms with Crippen LogP contribution in [0.5, 0.6) is 0 Å². The molecule has 3 aliphatic heterocycles. The molecule has 3 saturated heterocycles. The molecule has 3 fully saturated rings. The fourth-order valence-corrected chi connectivity index (χ4v) is 5.45. The van der Waals surface area contributed by atoms with Crippen LogP contribution < -0.4 is 10.6 Å². The van der Waals surface area contributed by atoms with Crippen molar-refractivity contribution in [3.8, 4) is 0 Å². The molecular weight excluding hydrogens is 648 g/mol. The van der Waals surface area contributed by atoms with E-state index in [0.717, 1.165) is 6.92 Å². The molecule has 3 rings (SSSR count). The van der Waals surface area contributed by atoms with E-state index in [1.807, 2.05) is 0 Å². The van der Waals surface area contributed by atoms with Gasteiger partial charge < -0.3 is 95.6 Å². The third-order valence-electron chi connectivity index (χ3n) is 7.97. The predicted molar refractivity (Wildman–Crippen MR) is 143 cm³/mol. The van der Waals surface area contributed by atoms with Gasteiger partial charge in [-0.2, -0.15) is 0 Å². The van der Waals surface area contributed by atoms with Crippen LogP contribution in [0, 0.1) is 0 Å². The Hall–Kier alpha value is -2.23. The number of nitrogens with one attached hydrogen (secondary N) is 2. The Labute approximate surface area is 265 Å². The van der Waals surface area contributed by atoms with Crippen LogP contribution in [0.1, 0.15) is 13.3 Å². The van der Waals surface area contributed by atoms with Crippen LogP contribution in [0.2, 0.25) is 0 Å². The number of amides is 2. The number of rotatable bonds is 13. The van der Waals surface area contributed by atoms with Crippen molar-refractivity contribution >= 4 is 17.8 Å². The van der Waals surface area contributed by atoms with Gasteiger partial charge in [-0.25, -0.2) is 4.79 Å². The van der Waals surface area contributed by atoms with Crippen LogP contribution in [0.3, 0.4) is 0 Å². The van der Waals surface area contributed by atoms with Gasteiger partial charge in [0.25, 0.3) is 5.79 Å². The molecule has 3 heterocycles. The number of ether oxygens (including phenoxy) is 5. The molecule has 0 spiro atoms. The maximum absolute atomic E-state index is 12.4. The second-order valence-corrected chi connectivity index (χ2v) is 11.3. The van der Waals surface area contributed by atoms with Gasteiger partial charge in [0.15, 0.2) is 12.6 Å². The average molecular weight is 691 g/mol. The van der Waals surface area contributed by atoms with Crippen molar-refractivity contribution in [1.29, 1.82) is 0 Å². The molecule has 3 aliphatic rings. The van der Waals surface area contributed by atoms with E-state index in [-0.39, 0.29) is 0 Å². The summed E-state index contributed by atoms with van der Waals surface area (Å²) >= 11 is 0. The molecule has 0 bridgehead atoms. The highest BCUT2D eigenvalue weighted by Gasteiger charge is 2.57. The molecule has 0 aromatic carbocycles. The van der Waals surface area contributed by atoms with Gasteiger partial charge in [0.05, 0.1) is 32.0 Å². The maximum Gasteiger partial charge on any atom is 0.364 e. The minimum atomic E-state index is -2.90. The van der Waals surface area contributed by atoms with Crippen LogP contribution in [-0.4, -0.2) is 203 Å². The molecule has 0 radical (unpaired) electrons. The molecule has 16 atom stereocenters. The SMILES string of the molecule is CC(=O)N[C@@H]1[C@@H](O)[C@H](O[C@@H]2O[C@H](CO[C@]3(C(=O)O)C[C@H](O)[C@@H](NC(=O)CO)[C@H]([C@H](O)[C@H](O)CO)O3)[C@H](O)[C@H](O)[C@H]2O)[C@@H](CO)O[C@@H]1O. The minimum absolute atomic E-state index is 0.687. The third kappa shape index (κ3) is 8.69. The van der Waals surface area contributed by atoms with E-state index in [1.54, 1.807) is 0 Å². The number of aliphatic hydroxyl groups is 11. The zero-order valence-corrected chi connectivity index (χ0v) is 24.8. The Bertz CT molecular complexity index is 1070. The zero-order chi connectivity index (χ0) is 35.4. The molecule has 272 valence electrons. The van der Waals surface area contributed by atoms with Crippen LogP contribution in [0.4, 0.5) is 0 Å². The molecule has 0 aliphatic carbocycles. The van der Waals surface area contributed by atoms with Crippen molar-refractivity contribution in [1.82, 2.24) is 10.6 Å². The van der Waals surface area contributed by atoms with Gasteiger partial charge in [0, 0.05) is 13.3 Å². The van der Waals surface area contributed by atoms with Gasteiger partial charge >= 0.3 is 5.97 Å². The van der Waals surface area contributed by atoms with Gasteiger partial charge in [-0.3, -0.25) is 9.59 Å². The first kappa shape index (κ1) is 39.2. The summed E-state index contributed by atoms with van der Waals surface area (Å²) in [7, 11) is 0. The van der Waals surface area contributed by atoms with Crippen LogP contribution in [0.15, 0.2) is 0 Å². The lowest BCUT2D eigenvalue weighted by Gasteiger charge is -2.48. The van der Waals surface area contributed by atoms with E-state index in [0.29, 0.717) is 0 Å². The number of carbonyl (C=O) groups is 3. The zero-order valence-electron chi connectivity index (χ0n) is 24.8. The molecule has 22 nitrogen and oxygen atoms in total. The molecule has 0 aromatic rings. The fraction of sp³-hybridized carbons (Fsp3) is 0.880. The first-order valence-electron chi connectivity index (χ1n) is 14.4. The number of hydrogen-bond acceptors (Lipinski definition) is 19. The topological polar surface area (TPSA) is 364 Å². The second kappa shape index (κ2) is 16.4. The molecule has 0 unspecified atom stereocenters. The quantitative estimate of drug-likeness (QED) is 0.0852. The highest BCUT2D eigenvalue weighted by molar-refractivity contribution is 5.78. The molecule has 0 saturated carbocycles. The summed E-state index contributed by atoms with van der Waals surface area (Å²) in [4.78, 5) is 35.8. The Kier molecular flexibility index (Phi) is 13.7. The highest BCUT2D eigenvalue weighted by Crippen LogP contribution is 2.35. The largest absolute Gasteiger partial charge is 0.477 e. The lowest BCUT2D eigenvalue weighted by atomic mass is 9.88. The highest BCUT2D eigenvalue weighted by atomic mass is 16.8. The summed E-state index contributed by atoms with van der Waals surface area (Å²) in [6.07, 6.45) is -25.5. The monoisotopic (exact) mass is 690 g/mol. The van der Waals surface area contributed by atoms with Gasteiger partial charge in [-0.1, -0.05) is 0 Å². The van der Waals surface area contributed by atoms with Gasteiger partial charge in [-0.15, -0.1) is 0 Å². The van der Waals surface area contributed by atoms with Crippen molar-refractivity contribution in [3.63, 3.8) is 0 Å². The van der Waals surface area contributed by atoms with Crippen LogP contribution >= 0.6 is 0 Å². The first-order chi connectivity index (χ1) is 22.0. The van der Waals surface area contributed by atoms with Gasteiger partial charge in [0.1, 0.15) is 73.7 Å². The standard InChI is InChI=1S/C25H42N2O20/c1-7(31)26-14-17(37)20(10(4-29)44-22(14)40)46-23-19(39)18(38)16(36)11(45-23)6-43-25(24(41)42)2-8(32)13(27-12(34)5-30)21(47-25)15(35)9(33)3-28/h8-11,13-23,28-30,32-33,35-40H,2-6H2,1H3,(H,26,31)(H,27,34)(H,41,42)/t8-,9+,10+,11+,13+,14+,15+,16-,17+,18-,19+,20+,21+,22-,23-,25+/m0/s1. The second-order valence-electron chi connectivity index (χ2n) is 11.3. The number of carbonyl (C=O) groups excluding carboxylic acids is 2. The number of carboxylic acids is 1. The lowest BCUT2D eigenvalue weighted by Crippen LogP contribution is -2.69.